The van der Waals surface area contributed by atoms with Gasteiger partial charge in [-0.05, 0) is 30.3 Å². The second kappa shape index (κ2) is 5.43. The molecule has 0 saturated carbocycles. The highest BCUT2D eigenvalue weighted by atomic mass is 32.1. The van der Waals surface area contributed by atoms with Crippen LogP contribution < -0.4 is 0 Å². The first-order valence-electron chi connectivity index (χ1n) is 6.09. The Bertz CT molecular complexity index is 832. The van der Waals surface area contributed by atoms with Gasteiger partial charge >= 0.3 is 0 Å². The van der Waals surface area contributed by atoms with Crippen molar-refractivity contribution in [1.82, 2.24) is 4.98 Å². The van der Waals surface area contributed by atoms with Gasteiger partial charge in [0.1, 0.15) is 16.6 Å². The highest BCUT2D eigenvalue weighted by Gasteiger charge is 2.12. The van der Waals surface area contributed by atoms with E-state index < -0.39 is 11.6 Å². The predicted octanol–water partition coefficient (Wildman–Crippen LogP) is 4.63. The van der Waals surface area contributed by atoms with E-state index in [1.165, 1.54) is 11.3 Å². The van der Waals surface area contributed by atoms with Crippen LogP contribution in [0, 0.1) is 23.0 Å². The molecule has 3 aromatic rings. The number of thiazole rings is 1. The van der Waals surface area contributed by atoms with Gasteiger partial charge in [0.25, 0.3) is 0 Å². The zero-order valence-electron chi connectivity index (χ0n) is 10.7. The number of rotatable bonds is 2. The second-order valence-corrected chi connectivity index (χ2v) is 5.21. The summed E-state index contributed by atoms with van der Waals surface area (Å²) in [5.74, 6) is -1.00. The van der Waals surface area contributed by atoms with Crippen LogP contribution in [0.1, 0.15) is 5.56 Å². The first-order valence-corrected chi connectivity index (χ1v) is 6.97. The standard InChI is InChI=1S/C16H8F2N2S/c17-12-5-6-14(18)13(7-12)16-20-15(9-21-16)11-3-1-10(8-19)2-4-11/h1-7,9H. The van der Waals surface area contributed by atoms with Crippen molar-refractivity contribution in [3.8, 4) is 27.9 Å². The monoisotopic (exact) mass is 298 g/mol. The fraction of sp³-hybridized carbons (Fsp3) is 0. The molecule has 21 heavy (non-hydrogen) atoms. The number of nitriles is 1. The molecule has 0 radical (unpaired) electrons. The van der Waals surface area contributed by atoms with Crippen molar-refractivity contribution in [3.05, 3.63) is 65.0 Å². The molecule has 0 aliphatic heterocycles. The first-order chi connectivity index (χ1) is 10.2. The lowest BCUT2D eigenvalue weighted by Gasteiger charge is -1.99. The molecule has 1 aromatic heterocycles. The van der Waals surface area contributed by atoms with Gasteiger partial charge in [0, 0.05) is 16.5 Å². The summed E-state index contributed by atoms with van der Waals surface area (Å²) in [4.78, 5) is 4.34. The molecule has 102 valence electrons. The lowest BCUT2D eigenvalue weighted by Crippen LogP contribution is -1.86. The Morgan fingerprint density at radius 2 is 1.81 bits per heavy atom. The molecule has 3 rings (SSSR count). The number of halogens is 2. The predicted molar refractivity (Wildman–Crippen MR) is 77.6 cm³/mol. The zero-order chi connectivity index (χ0) is 14.8. The summed E-state index contributed by atoms with van der Waals surface area (Å²) in [5, 5.41) is 11.0. The fourth-order valence-corrected chi connectivity index (χ4v) is 2.75. The summed E-state index contributed by atoms with van der Waals surface area (Å²) in [7, 11) is 0. The van der Waals surface area contributed by atoms with Gasteiger partial charge in [-0.1, -0.05) is 12.1 Å². The maximum Gasteiger partial charge on any atom is 0.133 e. The molecule has 0 aliphatic rings. The number of hydrogen-bond acceptors (Lipinski definition) is 3. The van der Waals surface area contributed by atoms with Gasteiger partial charge in [-0.2, -0.15) is 5.26 Å². The highest BCUT2D eigenvalue weighted by Crippen LogP contribution is 2.30. The van der Waals surface area contributed by atoms with E-state index in [9.17, 15) is 8.78 Å². The molecule has 0 atom stereocenters. The van der Waals surface area contributed by atoms with E-state index in [0.717, 1.165) is 23.8 Å². The van der Waals surface area contributed by atoms with E-state index in [0.29, 0.717) is 16.3 Å². The van der Waals surface area contributed by atoms with E-state index in [1.807, 2.05) is 6.07 Å². The van der Waals surface area contributed by atoms with Gasteiger partial charge in [-0.3, -0.25) is 0 Å². The van der Waals surface area contributed by atoms with Crippen molar-refractivity contribution in [1.29, 1.82) is 5.26 Å². The van der Waals surface area contributed by atoms with Crippen LogP contribution in [0.3, 0.4) is 0 Å². The Hall–Kier alpha value is -2.58. The van der Waals surface area contributed by atoms with Crippen LogP contribution in [0.15, 0.2) is 47.8 Å². The van der Waals surface area contributed by atoms with Crippen molar-refractivity contribution < 1.29 is 8.78 Å². The third kappa shape index (κ3) is 2.67. The van der Waals surface area contributed by atoms with Crippen LogP contribution in [0.25, 0.3) is 21.8 Å². The Balaban J connectivity index is 1.99. The Morgan fingerprint density at radius 1 is 1.05 bits per heavy atom. The molecule has 5 heteroatoms. The maximum atomic E-state index is 13.7. The van der Waals surface area contributed by atoms with E-state index in [4.69, 9.17) is 5.26 Å². The van der Waals surface area contributed by atoms with Gasteiger partial charge in [0.15, 0.2) is 0 Å². The molecule has 0 bridgehead atoms. The lowest BCUT2D eigenvalue weighted by molar-refractivity contribution is 0.603. The average molecular weight is 298 g/mol. The molecule has 0 aliphatic carbocycles. The van der Waals surface area contributed by atoms with Crippen LogP contribution in [-0.4, -0.2) is 4.98 Å². The molecular formula is C16H8F2N2S. The van der Waals surface area contributed by atoms with Crippen LogP contribution in [0.4, 0.5) is 8.78 Å². The summed E-state index contributed by atoms with van der Waals surface area (Å²) in [6.45, 7) is 0. The van der Waals surface area contributed by atoms with Gasteiger partial charge in [0.05, 0.1) is 17.3 Å². The summed E-state index contributed by atoms with van der Waals surface area (Å²) in [6, 6.07) is 12.3. The van der Waals surface area contributed by atoms with Crippen LogP contribution in [0.5, 0.6) is 0 Å². The summed E-state index contributed by atoms with van der Waals surface area (Å²) >= 11 is 1.25. The van der Waals surface area contributed by atoms with E-state index in [1.54, 1.807) is 29.6 Å². The summed E-state index contributed by atoms with van der Waals surface area (Å²) in [5.41, 5.74) is 2.21. The minimum absolute atomic E-state index is 0.153. The van der Waals surface area contributed by atoms with Gasteiger partial charge in [-0.15, -0.1) is 11.3 Å². The van der Waals surface area contributed by atoms with E-state index in [-0.39, 0.29) is 5.56 Å². The normalized spacial score (nSPS) is 10.3. The third-order valence-electron chi connectivity index (χ3n) is 2.97. The van der Waals surface area contributed by atoms with Gasteiger partial charge < -0.3 is 0 Å². The fourth-order valence-electron chi connectivity index (χ4n) is 1.91. The molecule has 0 saturated heterocycles. The molecule has 0 amide bonds. The van der Waals surface area contributed by atoms with Crippen LogP contribution in [0.2, 0.25) is 0 Å². The second-order valence-electron chi connectivity index (χ2n) is 4.35. The smallest absolute Gasteiger partial charge is 0.133 e. The third-order valence-corrected chi connectivity index (χ3v) is 3.85. The molecule has 2 nitrogen and oxygen atoms in total. The summed E-state index contributed by atoms with van der Waals surface area (Å²) < 4.78 is 27.0. The first kappa shape index (κ1) is 13.4. The topological polar surface area (TPSA) is 36.7 Å². The summed E-state index contributed by atoms with van der Waals surface area (Å²) in [6.07, 6.45) is 0. The van der Waals surface area contributed by atoms with E-state index in [2.05, 4.69) is 4.98 Å². The number of nitrogens with zero attached hydrogens (tertiary/aromatic N) is 2. The Kier molecular flexibility index (Phi) is 3.46. The number of benzene rings is 2. The van der Waals surface area contributed by atoms with Crippen molar-refractivity contribution in [2.24, 2.45) is 0 Å². The largest absolute Gasteiger partial charge is 0.236 e. The van der Waals surface area contributed by atoms with Crippen molar-refractivity contribution in [3.63, 3.8) is 0 Å². The number of hydrogen-bond donors (Lipinski definition) is 0. The molecule has 2 aromatic carbocycles. The van der Waals surface area contributed by atoms with Crippen LogP contribution >= 0.6 is 11.3 Å². The van der Waals surface area contributed by atoms with Crippen molar-refractivity contribution >= 4 is 11.3 Å². The molecular weight excluding hydrogens is 290 g/mol. The molecule has 1 heterocycles. The molecule has 0 N–H and O–H groups in total. The quantitative estimate of drug-likeness (QED) is 0.691. The van der Waals surface area contributed by atoms with Gasteiger partial charge in [-0.25, -0.2) is 13.8 Å². The molecule has 0 fully saturated rings. The minimum atomic E-state index is -0.503. The number of aromatic nitrogens is 1. The van der Waals surface area contributed by atoms with E-state index >= 15 is 0 Å². The van der Waals surface area contributed by atoms with Crippen LogP contribution in [-0.2, 0) is 0 Å². The minimum Gasteiger partial charge on any atom is -0.236 e. The Labute approximate surface area is 123 Å². The average Bonchev–Trinajstić information content (AvgIpc) is 2.99. The SMILES string of the molecule is N#Cc1ccc(-c2csc(-c3cc(F)ccc3F)n2)cc1. The molecule has 0 spiro atoms. The highest BCUT2D eigenvalue weighted by molar-refractivity contribution is 7.13. The van der Waals surface area contributed by atoms with Gasteiger partial charge in [0.2, 0.25) is 0 Å². The van der Waals surface area contributed by atoms with Crippen molar-refractivity contribution in [2.75, 3.05) is 0 Å². The van der Waals surface area contributed by atoms with Crippen molar-refractivity contribution in [2.45, 2.75) is 0 Å². The Morgan fingerprint density at radius 3 is 2.52 bits per heavy atom. The zero-order valence-corrected chi connectivity index (χ0v) is 11.5. The lowest BCUT2D eigenvalue weighted by atomic mass is 10.1. The molecule has 0 unspecified atom stereocenters. The maximum absolute atomic E-state index is 13.7.